The number of amides is 1. The number of hydrogen-bond acceptors (Lipinski definition) is 7. The number of nitrogens with one attached hydrogen (secondary N) is 1. The van der Waals surface area contributed by atoms with Gasteiger partial charge in [-0.25, -0.2) is 0 Å². The van der Waals surface area contributed by atoms with E-state index in [1.807, 2.05) is 23.7 Å². The SMILES string of the molecule is COc1cc(-c2nnc(SCC(=O)NC3CCCC3)n2C)cc(OC)c1OC. The van der Waals surface area contributed by atoms with Gasteiger partial charge in [-0.3, -0.25) is 4.79 Å². The first kappa shape index (κ1) is 20.3. The lowest BCUT2D eigenvalue weighted by atomic mass is 10.1. The predicted octanol–water partition coefficient (Wildman–Crippen LogP) is 2.66. The Hall–Kier alpha value is -2.42. The lowest BCUT2D eigenvalue weighted by molar-refractivity contribution is -0.119. The van der Waals surface area contributed by atoms with E-state index in [-0.39, 0.29) is 5.91 Å². The fourth-order valence-corrected chi connectivity index (χ4v) is 4.09. The van der Waals surface area contributed by atoms with Crippen LogP contribution in [-0.4, -0.2) is 53.8 Å². The maximum atomic E-state index is 12.2. The molecule has 0 saturated heterocycles. The van der Waals surface area contributed by atoms with E-state index in [4.69, 9.17) is 14.2 Å². The van der Waals surface area contributed by atoms with Crippen molar-refractivity contribution in [2.45, 2.75) is 36.9 Å². The molecule has 0 unspecified atom stereocenters. The fourth-order valence-electron chi connectivity index (χ4n) is 3.37. The number of benzene rings is 1. The van der Waals surface area contributed by atoms with Gasteiger partial charge >= 0.3 is 0 Å². The molecule has 0 radical (unpaired) electrons. The number of carbonyl (C=O) groups is 1. The summed E-state index contributed by atoms with van der Waals surface area (Å²) in [5.74, 6) is 2.62. The Labute approximate surface area is 168 Å². The van der Waals surface area contributed by atoms with Crippen LogP contribution in [0.5, 0.6) is 17.2 Å². The van der Waals surface area contributed by atoms with Gasteiger partial charge in [0.1, 0.15) is 0 Å². The third-order valence-corrected chi connectivity index (χ3v) is 5.83. The first-order valence-electron chi connectivity index (χ1n) is 9.19. The van der Waals surface area contributed by atoms with Gasteiger partial charge < -0.3 is 24.1 Å². The molecule has 1 aliphatic carbocycles. The van der Waals surface area contributed by atoms with Crippen molar-refractivity contribution in [2.24, 2.45) is 7.05 Å². The molecule has 2 aromatic rings. The zero-order chi connectivity index (χ0) is 20.1. The molecular formula is C19H26N4O4S. The minimum absolute atomic E-state index is 0.0363. The average molecular weight is 407 g/mol. The minimum atomic E-state index is 0.0363. The molecular weight excluding hydrogens is 380 g/mol. The molecule has 28 heavy (non-hydrogen) atoms. The van der Waals surface area contributed by atoms with Crippen LogP contribution in [0.2, 0.25) is 0 Å². The number of aromatic nitrogens is 3. The highest BCUT2D eigenvalue weighted by molar-refractivity contribution is 7.99. The van der Waals surface area contributed by atoms with Gasteiger partial charge in [-0.05, 0) is 25.0 Å². The van der Waals surface area contributed by atoms with Crippen molar-refractivity contribution in [3.05, 3.63) is 12.1 Å². The average Bonchev–Trinajstić information content (AvgIpc) is 3.34. The van der Waals surface area contributed by atoms with E-state index in [1.54, 1.807) is 21.3 Å². The molecule has 1 amide bonds. The summed E-state index contributed by atoms with van der Waals surface area (Å²) < 4.78 is 18.0. The number of ether oxygens (including phenoxy) is 3. The van der Waals surface area contributed by atoms with Crippen molar-refractivity contribution in [3.63, 3.8) is 0 Å². The highest BCUT2D eigenvalue weighted by atomic mass is 32.2. The van der Waals surface area contributed by atoms with Crippen LogP contribution < -0.4 is 19.5 Å². The van der Waals surface area contributed by atoms with Crippen molar-refractivity contribution < 1.29 is 19.0 Å². The topological polar surface area (TPSA) is 87.5 Å². The summed E-state index contributed by atoms with van der Waals surface area (Å²) in [6, 6.07) is 3.97. The lowest BCUT2D eigenvalue weighted by Gasteiger charge is -2.14. The molecule has 0 spiro atoms. The number of hydrogen-bond donors (Lipinski definition) is 1. The number of thioether (sulfide) groups is 1. The monoisotopic (exact) mass is 406 g/mol. The molecule has 0 atom stereocenters. The van der Waals surface area contributed by atoms with E-state index >= 15 is 0 Å². The first-order valence-corrected chi connectivity index (χ1v) is 10.2. The molecule has 0 aliphatic heterocycles. The zero-order valence-electron chi connectivity index (χ0n) is 16.7. The van der Waals surface area contributed by atoms with E-state index in [1.165, 1.54) is 24.6 Å². The Bertz CT molecular complexity index is 808. The smallest absolute Gasteiger partial charge is 0.230 e. The standard InChI is InChI=1S/C19H26N4O4S/c1-23-18(12-9-14(25-2)17(27-4)15(10-12)26-3)21-22-19(23)28-11-16(24)20-13-7-5-6-8-13/h9-10,13H,5-8,11H2,1-4H3,(H,20,24). The highest BCUT2D eigenvalue weighted by Gasteiger charge is 2.20. The normalized spacial score (nSPS) is 14.1. The second-order valence-electron chi connectivity index (χ2n) is 6.62. The summed E-state index contributed by atoms with van der Waals surface area (Å²) in [5, 5.41) is 12.3. The quantitative estimate of drug-likeness (QED) is 0.674. The van der Waals surface area contributed by atoms with E-state index in [0.29, 0.717) is 40.0 Å². The Morgan fingerprint density at radius 2 is 1.79 bits per heavy atom. The maximum Gasteiger partial charge on any atom is 0.230 e. The summed E-state index contributed by atoms with van der Waals surface area (Å²) in [6.45, 7) is 0. The van der Waals surface area contributed by atoms with Crippen LogP contribution in [0.15, 0.2) is 17.3 Å². The van der Waals surface area contributed by atoms with Gasteiger partial charge in [-0.2, -0.15) is 0 Å². The van der Waals surface area contributed by atoms with Crippen LogP contribution >= 0.6 is 11.8 Å². The maximum absolute atomic E-state index is 12.2. The van der Waals surface area contributed by atoms with Crippen molar-refractivity contribution in [1.82, 2.24) is 20.1 Å². The molecule has 1 aromatic carbocycles. The molecule has 1 saturated carbocycles. The summed E-state index contributed by atoms with van der Waals surface area (Å²) in [7, 11) is 6.58. The largest absolute Gasteiger partial charge is 0.493 e. The molecule has 8 nitrogen and oxygen atoms in total. The third-order valence-electron chi connectivity index (χ3n) is 4.81. The minimum Gasteiger partial charge on any atom is -0.493 e. The van der Waals surface area contributed by atoms with E-state index in [9.17, 15) is 4.79 Å². The number of methoxy groups -OCH3 is 3. The van der Waals surface area contributed by atoms with Gasteiger partial charge in [0.15, 0.2) is 22.5 Å². The molecule has 9 heteroatoms. The second-order valence-corrected chi connectivity index (χ2v) is 7.56. The van der Waals surface area contributed by atoms with Crippen LogP contribution in [-0.2, 0) is 11.8 Å². The Morgan fingerprint density at radius 3 is 2.36 bits per heavy atom. The Kier molecular flexibility index (Phi) is 6.66. The molecule has 3 rings (SSSR count). The fraction of sp³-hybridized carbons (Fsp3) is 0.526. The van der Waals surface area contributed by atoms with Crippen molar-refractivity contribution in [2.75, 3.05) is 27.1 Å². The van der Waals surface area contributed by atoms with Crippen molar-refractivity contribution in [1.29, 1.82) is 0 Å². The summed E-state index contributed by atoms with van der Waals surface area (Å²) >= 11 is 1.37. The second kappa shape index (κ2) is 9.18. The summed E-state index contributed by atoms with van der Waals surface area (Å²) in [6.07, 6.45) is 4.54. The highest BCUT2D eigenvalue weighted by Crippen LogP contribution is 2.41. The zero-order valence-corrected chi connectivity index (χ0v) is 17.5. The van der Waals surface area contributed by atoms with Crippen LogP contribution in [0.25, 0.3) is 11.4 Å². The third kappa shape index (κ3) is 4.35. The van der Waals surface area contributed by atoms with Gasteiger partial charge in [0.2, 0.25) is 11.7 Å². The number of nitrogens with zero attached hydrogens (tertiary/aromatic N) is 3. The Morgan fingerprint density at radius 1 is 1.14 bits per heavy atom. The lowest BCUT2D eigenvalue weighted by Crippen LogP contribution is -2.33. The van der Waals surface area contributed by atoms with Crippen LogP contribution in [0.1, 0.15) is 25.7 Å². The van der Waals surface area contributed by atoms with Gasteiger partial charge in [-0.15, -0.1) is 10.2 Å². The first-order chi connectivity index (χ1) is 13.6. The van der Waals surface area contributed by atoms with Crippen molar-refractivity contribution in [3.8, 4) is 28.6 Å². The molecule has 1 aromatic heterocycles. The van der Waals surface area contributed by atoms with Crippen LogP contribution in [0.3, 0.4) is 0 Å². The molecule has 0 bridgehead atoms. The number of rotatable bonds is 8. The predicted molar refractivity (Wildman–Crippen MR) is 107 cm³/mol. The van der Waals surface area contributed by atoms with Gasteiger partial charge in [0, 0.05) is 18.7 Å². The van der Waals surface area contributed by atoms with Crippen molar-refractivity contribution >= 4 is 17.7 Å². The molecule has 1 aliphatic rings. The van der Waals surface area contributed by atoms with E-state index < -0.39 is 0 Å². The van der Waals surface area contributed by atoms with E-state index in [2.05, 4.69) is 15.5 Å². The molecule has 1 N–H and O–H groups in total. The van der Waals surface area contributed by atoms with Gasteiger partial charge in [-0.1, -0.05) is 24.6 Å². The van der Waals surface area contributed by atoms with Gasteiger partial charge in [0.05, 0.1) is 27.1 Å². The van der Waals surface area contributed by atoms with Gasteiger partial charge in [0.25, 0.3) is 0 Å². The van der Waals surface area contributed by atoms with Crippen LogP contribution in [0, 0.1) is 0 Å². The molecule has 1 heterocycles. The molecule has 1 fully saturated rings. The summed E-state index contributed by atoms with van der Waals surface area (Å²) in [4.78, 5) is 12.2. The molecule has 152 valence electrons. The van der Waals surface area contributed by atoms with Crippen LogP contribution in [0.4, 0.5) is 0 Å². The number of carbonyl (C=O) groups excluding carboxylic acids is 1. The Balaban J connectivity index is 1.74. The van der Waals surface area contributed by atoms with E-state index in [0.717, 1.165) is 18.4 Å². The summed E-state index contributed by atoms with van der Waals surface area (Å²) in [5.41, 5.74) is 0.784.